The third-order valence-corrected chi connectivity index (χ3v) is 4.55. The number of carbonyl (C=O) groups excluding carboxylic acids is 2. The van der Waals surface area contributed by atoms with Gasteiger partial charge in [-0.1, -0.05) is 6.92 Å². The summed E-state index contributed by atoms with van der Waals surface area (Å²) < 4.78 is 0. The van der Waals surface area contributed by atoms with Crippen molar-refractivity contribution >= 4 is 17.9 Å². The van der Waals surface area contributed by atoms with E-state index in [-0.39, 0.29) is 24.4 Å². The van der Waals surface area contributed by atoms with Crippen molar-refractivity contribution in [2.75, 3.05) is 39.3 Å². The fourth-order valence-corrected chi connectivity index (χ4v) is 3.42. The molecular formula is C16H27N3O4. The standard InChI is InChI=1S/C16H27N3O4/c1-2-7-18(12-14(20)21)15(22)13-6-5-10-19(11-13)16(23)17-8-3-4-9-17/h13H,2-12H2,1H3,(H,20,21). The Hall–Kier alpha value is -1.79. The first-order chi connectivity index (χ1) is 11.0. The molecule has 2 saturated heterocycles. The van der Waals surface area contributed by atoms with Crippen molar-refractivity contribution < 1.29 is 19.5 Å². The summed E-state index contributed by atoms with van der Waals surface area (Å²) in [4.78, 5) is 41.1. The van der Waals surface area contributed by atoms with Crippen LogP contribution in [0.5, 0.6) is 0 Å². The highest BCUT2D eigenvalue weighted by molar-refractivity contribution is 5.84. The predicted octanol–water partition coefficient (Wildman–Crippen LogP) is 1.24. The molecule has 1 unspecified atom stereocenters. The van der Waals surface area contributed by atoms with Gasteiger partial charge < -0.3 is 19.8 Å². The molecule has 0 aromatic carbocycles. The van der Waals surface area contributed by atoms with E-state index < -0.39 is 5.97 Å². The number of nitrogens with zero attached hydrogens (tertiary/aromatic N) is 3. The quantitative estimate of drug-likeness (QED) is 0.824. The highest BCUT2D eigenvalue weighted by Gasteiger charge is 2.33. The highest BCUT2D eigenvalue weighted by atomic mass is 16.4. The number of carboxylic acids is 1. The van der Waals surface area contributed by atoms with Crippen molar-refractivity contribution in [3.05, 3.63) is 0 Å². The largest absolute Gasteiger partial charge is 0.480 e. The maximum absolute atomic E-state index is 12.6. The molecule has 0 aliphatic carbocycles. The van der Waals surface area contributed by atoms with Crippen LogP contribution < -0.4 is 0 Å². The number of hydrogen-bond acceptors (Lipinski definition) is 3. The van der Waals surface area contributed by atoms with Gasteiger partial charge in [-0.05, 0) is 32.1 Å². The zero-order valence-corrected chi connectivity index (χ0v) is 13.9. The van der Waals surface area contributed by atoms with Crippen molar-refractivity contribution in [2.45, 2.75) is 39.0 Å². The Kier molecular flexibility index (Phi) is 6.24. The Morgan fingerprint density at radius 2 is 1.74 bits per heavy atom. The summed E-state index contributed by atoms with van der Waals surface area (Å²) in [7, 11) is 0. The Bertz CT molecular complexity index is 449. The van der Waals surface area contributed by atoms with Crippen molar-refractivity contribution in [3.63, 3.8) is 0 Å². The lowest BCUT2D eigenvalue weighted by Gasteiger charge is -2.36. The predicted molar refractivity (Wildman–Crippen MR) is 85.0 cm³/mol. The van der Waals surface area contributed by atoms with Crippen molar-refractivity contribution in [1.29, 1.82) is 0 Å². The Labute approximate surface area is 137 Å². The molecule has 2 heterocycles. The van der Waals surface area contributed by atoms with Gasteiger partial charge in [-0.15, -0.1) is 0 Å². The lowest BCUT2D eigenvalue weighted by molar-refractivity contribution is -0.147. The molecule has 2 rings (SSSR count). The van der Waals surface area contributed by atoms with Gasteiger partial charge in [0.15, 0.2) is 0 Å². The number of piperidine rings is 1. The van der Waals surface area contributed by atoms with Crippen LogP contribution in [0.25, 0.3) is 0 Å². The first-order valence-corrected chi connectivity index (χ1v) is 8.57. The number of carbonyl (C=O) groups is 3. The average Bonchev–Trinajstić information content (AvgIpc) is 3.07. The molecule has 0 saturated carbocycles. The Balaban J connectivity index is 1.96. The normalized spacial score (nSPS) is 21.3. The summed E-state index contributed by atoms with van der Waals surface area (Å²) in [6, 6.07) is 0.0280. The van der Waals surface area contributed by atoms with Crippen molar-refractivity contribution in [2.24, 2.45) is 5.92 Å². The molecule has 1 N–H and O–H groups in total. The monoisotopic (exact) mass is 325 g/mol. The Morgan fingerprint density at radius 1 is 1.09 bits per heavy atom. The van der Waals surface area contributed by atoms with Gasteiger partial charge in [0.1, 0.15) is 6.54 Å². The average molecular weight is 325 g/mol. The van der Waals surface area contributed by atoms with Crippen LogP contribution in [0.4, 0.5) is 4.79 Å². The molecule has 7 heteroatoms. The van der Waals surface area contributed by atoms with Gasteiger partial charge in [-0.3, -0.25) is 9.59 Å². The van der Waals surface area contributed by atoms with Gasteiger partial charge in [0.2, 0.25) is 5.91 Å². The summed E-state index contributed by atoms with van der Waals surface area (Å²) in [5, 5.41) is 8.98. The molecule has 0 spiro atoms. The van der Waals surface area contributed by atoms with E-state index in [2.05, 4.69) is 0 Å². The zero-order chi connectivity index (χ0) is 16.8. The number of likely N-dealkylation sites (tertiary alicyclic amines) is 2. The number of carboxylic acid groups (broad SMARTS) is 1. The molecule has 7 nitrogen and oxygen atoms in total. The molecule has 3 amide bonds. The van der Waals surface area contributed by atoms with E-state index in [0.717, 1.165) is 45.2 Å². The van der Waals surface area contributed by atoms with E-state index in [0.29, 0.717) is 19.6 Å². The minimum atomic E-state index is -0.993. The second-order valence-corrected chi connectivity index (χ2v) is 6.42. The van der Waals surface area contributed by atoms with Gasteiger partial charge in [0, 0.05) is 32.7 Å². The number of aliphatic carboxylic acids is 1. The fraction of sp³-hybridized carbons (Fsp3) is 0.812. The molecule has 1 atom stereocenters. The number of hydrogen-bond donors (Lipinski definition) is 1. The lowest BCUT2D eigenvalue weighted by atomic mass is 9.96. The third-order valence-electron chi connectivity index (χ3n) is 4.55. The van der Waals surface area contributed by atoms with Crippen LogP contribution in [0.3, 0.4) is 0 Å². The first kappa shape index (κ1) is 17.6. The molecular weight excluding hydrogens is 298 g/mol. The van der Waals surface area contributed by atoms with E-state index in [4.69, 9.17) is 5.11 Å². The third kappa shape index (κ3) is 4.59. The van der Waals surface area contributed by atoms with Crippen LogP contribution in [0, 0.1) is 5.92 Å². The summed E-state index contributed by atoms with van der Waals surface area (Å²) >= 11 is 0. The molecule has 2 fully saturated rings. The second-order valence-electron chi connectivity index (χ2n) is 6.42. The van der Waals surface area contributed by atoms with Gasteiger partial charge >= 0.3 is 12.0 Å². The topological polar surface area (TPSA) is 81.2 Å². The van der Waals surface area contributed by atoms with E-state index in [1.165, 1.54) is 4.90 Å². The van der Waals surface area contributed by atoms with E-state index in [1.54, 1.807) is 4.90 Å². The number of urea groups is 1. The van der Waals surface area contributed by atoms with Crippen LogP contribution in [-0.2, 0) is 9.59 Å². The molecule has 0 radical (unpaired) electrons. The number of amides is 3. The van der Waals surface area contributed by atoms with Crippen LogP contribution in [0.15, 0.2) is 0 Å². The minimum Gasteiger partial charge on any atom is -0.480 e. The van der Waals surface area contributed by atoms with Crippen molar-refractivity contribution in [3.8, 4) is 0 Å². The van der Waals surface area contributed by atoms with E-state index in [1.807, 2.05) is 11.8 Å². The van der Waals surface area contributed by atoms with E-state index in [9.17, 15) is 14.4 Å². The van der Waals surface area contributed by atoms with E-state index >= 15 is 0 Å². The molecule has 2 aliphatic heterocycles. The molecule has 130 valence electrons. The lowest BCUT2D eigenvalue weighted by Crippen LogP contribution is -2.51. The molecule has 0 bridgehead atoms. The smallest absolute Gasteiger partial charge is 0.323 e. The summed E-state index contributed by atoms with van der Waals surface area (Å²) in [6.07, 6.45) is 4.34. The second kappa shape index (κ2) is 8.17. The maximum Gasteiger partial charge on any atom is 0.323 e. The van der Waals surface area contributed by atoms with Gasteiger partial charge in [0.05, 0.1) is 5.92 Å². The fourth-order valence-electron chi connectivity index (χ4n) is 3.42. The van der Waals surface area contributed by atoms with Gasteiger partial charge in [0.25, 0.3) is 0 Å². The molecule has 0 aromatic rings. The van der Waals surface area contributed by atoms with Crippen LogP contribution in [-0.4, -0.2) is 77.0 Å². The first-order valence-electron chi connectivity index (χ1n) is 8.57. The SMILES string of the molecule is CCCN(CC(=O)O)C(=O)C1CCCN(C(=O)N2CCCC2)C1. The molecule has 2 aliphatic rings. The summed E-state index contributed by atoms with van der Waals surface area (Å²) in [5.41, 5.74) is 0. The highest BCUT2D eigenvalue weighted by Crippen LogP contribution is 2.21. The van der Waals surface area contributed by atoms with Crippen LogP contribution in [0.1, 0.15) is 39.0 Å². The van der Waals surface area contributed by atoms with Crippen LogP contribution in [0.2, 0.25) is 0 Å². The number of rotatable bonds is 5. The van der Waals surface area contributed by atoms with Gasteiger partial charge in [-0.2, -0.15) is 0 Å². The molecule has 23 heavy (non-hydrogen) atoms. The zero-order valence-electron chi connectivity index (χ0n) is 13.9. The maximum atomic E-state index is 12.6. The van der Waals surface area contributed by atoms with Gasteiger partial charge in [-0.25, -0.2) is 4.79 Å². The van der Waals surface area contributed by atoms with Crippen LogP contribution >= 0.6 is 0 Å². The van der Waals surface area contributed by atoms with Crippen molar-refractivity contribution in [1.82, 2.24) is 14.7 Å². The minimum absolute atomic E-state index is 0.0280. The summed E-state index contributed by atoms with van der Waals surface area (Å²) in [6.45, 7) is 4.81. The molecule has 0 aromatic heterocycles. The Morgan fingerprint density at radius 3 is 2.35 bits per heavy atom. The summed E-state index contributed by atoms with van der Waals surface area (Å²) in [5.74, 6) is -1.40.